The zero-order chi connectivity index (χ0) is 23.8. The van der Waals surface area contributed by atoms with Crippen molar-refractivity contribution >= 4 is 5.91 Å². The lowest BCUT2D eigenvalue weighted by molar-refractivity contribution is -0.121. The summed E-state index contributed by atoms with van der Waals surface area (Å²) in [7, 11) is 1.50. The van der Waals surface area contributed by atoms with Crippen molar-refractivity contribution in [1.29, 1.82) is 0 Å². The molecule has 174 valence electrons. The van der Waals surface area contributed by atoms with Crippen molar-refractivity contribution in [2.45, 2.75) is 45.8 Å². The van der Waals surface area contributed by atoms with Crippen molar-refractivity contribution in [2.24, 2.45) is 0 Å². The van der Waals surface area contributed by atoms with Crippen LogP contribution in [0.5, 0.6) is 11.5 Å². The fraction of sp³-hybridized carbons (Fsp3) is 0.333. The number of hydrogen-bond acceptors (Lipinski definition) is 6. The van der Waals surface area contributed by atoms with Crippen molar-refractivity contribution in [2.75, 3.05) is 7.11 Å². The Hall–Kier alpha value is -3.75. The monoisotopic (exact) mass is 454 g/mol. The van der Waals surface area contributed by atoms with Crippen LogP contribution in [0.4, 0.5) is 4.39 Å². The van der Waals surface area contributed by atoms with E-state index >= 15 is 0 Å². The van der Waals surface area contributed by atoms with Crippen LogP contribution in [0.25, 0.3) is 11.4 Å². The SMILES string of the molecule is CCC(C)NC(=O)CCc1nnc(-c2ccc(OCc3cccc(F)c3)c(OC)c2)[nH]c1=O. The molecule has 9 heteroatoms. The number of nitrogens with zero attached hydrogens (tertiary/aromatic N) is 2. The number of rotatable bonds is 10. The minimum atomic E-state index is -0.401. The fourth-order valence-corrected chi connectivity index (χ4v) is 3.06. The van der Waals surface area contributed by atoms with Gasteiger partial charge in [0.25, 0.3) is 5.56 Å². The Bertz CT molecular complexity index is 1170. The number of H-pyrrole nitrogens is 1. The third-order valence-electron chi connectivity index (χ3n) is 5.09. The molecule has 33 heavy (non-hydrogen) atoms. The van der Waals surface area contributed by atoms with Crippen LogP contribution >= 0.6 is 0 Å². The topological polar surface area (TPSA) is 106 Å². The highest BCUT2D eigenvalue weighted by Crippen LogP contribution is 2.31. The molecule has 8 nitrogen and oxygen atoms in total. The van der Waals surface area contributed by atoms with Crippen LogP contribution in [0.3, 0.4) is 0 Å². The lowest BCUT2D eigenvalue weighted by atomic mass is 10.1. The average Bonchev–Trinajstić information content (AvgIpc) is 2.81. The fourth-order valence-electron chi connectivity index (χ4n) is 3.06. The van der Waals surface area contributed by atoms with Gasteiger partial charge in [-0.3, -0.25) is 9.59 Å². The first kappa shape index (κ1) is 23.9. The van der Waals surface area contributed by atoms with Crippen molar-refractivity contribution in [1.82, 2.24) is 20.5 Å². The summed E-state index contributed by atoms with van der Waals surface area (Å²) < 4.78 is 24.5. The second-order valence-corrected chi connectivity index (χ2v) is 7.61. The third kappa shape index (κ3) is 6.61. The highest BCUT2D eigenvalue weighted by atomic mass is 19.1. The molecule has 1 atom stereocenters. The zero-order valence-corrected chi connectivity index (χ0v) is 18.9. The molecule has 0 fully saturated rings. The Balaban J connectivity index is 1.69. The van der Waals surface area contributed by atoms with E-state index in [1.165, 1.54) is 19.2 Å². The number of amides is 1. The molecule has 2 N–H and O–H groups in total. The largest absolute Gasteiger partial charge is 0.493 e. The predicted octanol–water partition coefficient (Wildman–Crippen LogP) is 3.41. The minimum absolute atomic E-state index is 0.0834. The van der Waals surface area contributed by atoms with E-state index in [-0.39, 0.29) is 48.7 Å². The molecule has 0 aliphatic carbocycles. The number of carbonyl (C=O) groups excluding carboxylic acids is 1. The van der Waals surface area contributed by atoms with E-state index < -0.39 is 5.56 Å². The van der Waals surface area contributed by atoms with Gasteiger partial charge >= 0.3 is 0 Å². The van der Waals surface area contributed by atoms with E-state index in [1.807, 2.05) is 13.8 Å². The molecule has 1 heterocycles. The van der Waals surface area contributed by atoms with Gasteiger partial charge in [-0.1, -0.05) is 19.1 Å². The van der Waals surface area contributed by atoms with E-state index in [0.29, 0.717) is 22.6 Å². The van der Waals surface area contributed by atoms with Gasteiger partial charge in [0.2, 0.25) is 5.91 Å². The first-order valence-corrected chi connectivity index (χ1v) is 10.7. The maximum absolute atomic E-state index is 13.4. The number of hydrogen-bond donors (Lipinski definition) is 2. The number of aromatic amines is 1. The van der Waals surface area contributed by atoms with Crippen LogP contribution in [-0.4, -0.2) is 34.2 Å². The first-order valence-electron chi connectivity index (χ1n) is 10.7. The summed E-state index contributed by atoms with van der Waals surface area (Å²) in [6.07, 6.45) is 1.19. The van der Waals surface area contributed by atoms with Crippen LogP contribution < -0.4 is 20.3 Å². The second kappa shape index (κ2) is 11.2. The second-order valence-electron chi connectivity index (χ2n) is 7.61. The number of benzene rings is 2. The molecule has 0 spiro atoms. The Morgan fingerprint density at radius 1 is 1.18 bits per heavy atom. The summed E-state index contributed by atoms with van der Waals surface area (Å²) in [4.78, 5) is 27.1. The summed E-state index contributed by atoms with van der Waals surface area (Å²) in [6, 6.07) is 11.3. The smallest absolute Gasteiger partial charge is 0.273 e. The minimum Gasteiger partial charge on any atom is -0.493 e. The van der Waals surface area contributed by atoms with Crippen LogP contribution in [-0.2, 0) is 17.8 Å². The molecule has 0 bridgehead atoms. The summed E-state index contributed by atoms with van der Waals surface area (Å²) in [6.45, 7) is 4.08. The predicted molar refractivity (Wildman–Crippen MR) is 122 cm³/mol. The quantitative estimate of drug-likeness (QED) is 0.486. The van der Waals surface area contributed by atoms with Gasteiger partial charge in [-0.05, 0) is 49.2 Å². The summed E-state index contributed by atoms with van der Waals surface area (Å²) in [5.41, 5.74) is 1.06. The maximum Gasteiger partial charge on any atom is 0.273 e. The number of ether oxygens (including phenoxy) is 2. The molecule has 0 saturated carbocycles. The molecule has 0 saturated heterocycles. The van der Waals surface area contributed by atoms with E-state index in [0.717, 1.165) is 6.42 Å². The molecule has 2 aromatic carbocycles. The summed E-state index contributed by atoms with van der Waals surface area (Å²) in [5, 5.41) is 11.0. The molecule has 0 aliphatic heterocycles. The van der Waals surface area contributed by atoms with Gasteiger partial charge in [-0.25, -0.2) is 4.39 Å². The highest BCUT2D eigenvalue weighted by Gasteiger charge is 2.13. The van der Waals surface area contributed by atoms with Gasteiger partial charge in [0, 0.05) is 24.4 Å². The molecule has 3 rings (SSSR count). The van der Waals surface area contributed by atoms with Gasteiger partial charge < -0.3 is 19.8 Å². The van der Waals surface area contributed by atoms with E-state index in [2.05, 4.69) is 20.5 Å². The molecular weight excluding hydrogens is 427 g/mol. The molecule has 0 aliphatic rings. The number of nitrogens with one attached hydrogen (secondary N) is 2. The van der Waals surface area contributed by atoms with Gasteiger partial charge in [0.05, 0.1) is 7.11 Å². The maximum atomic E-state index is 13.4. The van der Waals surface area contributed by atoms with E-state index in [1.54, 1.807) is 30.3 Å². The van der Waals surface area contributed by atoms with Crippen LogP contribution in [0.15, 0.2) is 47.3 Å². The van der Waals surface area contributed by atoms with Crippen LogP contribution in [0.1, 0.15) is 37.9 Å². The first-order chi connectivity index (χ1) is 15.9. The van der Waals surface area contributed by atoms with Crippen LogP contribution in [0.2, 0.25) is 0 Å². The van der Waals surface area contributed by atoms with Gasteiger partial charge in [-0.15, -0.1) is 10.2 Å². The van der Waals surface area contributed by atoms with Crippen molar-refractivity contribution < 1.29 is 18.7 Å². The lowest BCUT2D eigenvalue weighted by Gasteiger charge is -2.12. The Labute approximate surface area is 191 Å². The number of methoxy groups -OCH3 is 1. The average molecular weight is 455 g/mol. The number of aryl methyl sites for hydroxylation is 1. The zero-order valence-electron chi connectivity index (χ0n) is 18.9. The summed E-state index contributed by atoms with van der Waals surface area (Å²) >= 11 is 0. The molecule has 3 aromatic rings. The Kier molecular flexibility index (Phi) is 8.12. The van der Waals surface area contributed by atoms with Crippen molar-refractivity contribution in [3.8, 4) is 22.9 Å². The highest BCUT2D eigenvalue weighted by molar-refractivity contribution is 5.76. The van der Waals surface area contributed by atoms with Gasteiger partial charge in [0.15, 0.2) is 17.3 Å². The Morgan fingerprint density at radius 2 is 2.00 bits per heavy atom. The molecule has 0 radical (unpaired) electrons. The summed E-state index contributed by atoms with van der Waals surface area (Å²) in [5.74, 6) is 0.693. The third-order valence-corrected chi connectivity index (χ3v) is 5.09. The lowest BCUT2D eigenvalue weighted by Crippen LogP contribution is -2.32. The number of aromatic nitrogens is 3. The normalized spacial score (nSPS) is 11.6. The molecule has 1 aromatic heterocycles. The van der Waals surface area contributed by atoms with Crippen molar-refractivity contribution in [3.63, 3.8) is 0 Å². The van der Waals surface area contributed by atoms with E-state index in [9.17, 15) is 14.0 Å². The standard InChI is InChI=1S/C24H27FN4O4/c1-4-15(2)26-22(30)11-9-19-24(31)27-23(29-28-19)17-8-10-20(21(13-17)32-3)33-14-16-6-5-7-18(25)12-16/h5-8,10,12-13,15H,4,9,11,14H2,1-3H3,(H,26,30)(H,27,29,31). The molecule has 1 amide bonds. The molecular formula is C24H27FN4O4. The van der Waals surface area contributed by atoms with Gasteiger partial charge in [0.1, 0.15) is 18.1 Å². The van der Waals surface area contributed by atoms with E-state index in [4.69, 9.17) is 9.47 Å². The Morgan fingerprint density at radius 3 is 2.70 bits per heavy atom. The number of carbonyl (C=O) groups is 1. The van der Waals surface area contributed by atoms with Gasteiger partial charge in [-0.2, -0.15) is 0 Å². The molecule has 1 unspecified atom stereocenters. The van der Waals surface area contributed by atoms with Crippen molar-refractivity contribution in [3.05, 3.63) is 69.9 Å². The number of halogens is 1. The van der Waals surface area contributed by atoms with Crippen LogP contribution in [0, 0.1) is 5.82 Å².